The molecule has 1 fully saturated rings. The van der Waals surface area contributed by atoms with E-state index in [0.29, 0.717) is 31.1 Å². The Labute approximate surface area is 143 Å². The van der Waals surface area contributed by atoms with Gasteiger partial charge in [0.05, 0.1) is 5.69 Å². The Morgan fingerprint density at radius 3 is 2.52 bits per heavy atom. The molecule has 0 aliphatic carbocycles. The summed E-state index contributed by atoms with van der Waals surface area (Å²) in [4.78, 5) is 26.2. The molecule has 0 saturated carbocycles. The van der Waals surface area contributed by atoms with Gasteiger partial charge in [0, 0.05) is 18.3 Å². The van der Waals surface area contributed by atoms with Crippen LogP contribution in [-0.2, 0) is 4.79 Å². The van der Waals surface area contributed by atoms with Crippen molar-refractivity contribution in [3.8, 4) is 0 Å². The molecular weight excluding hydrogens is 328 g/mol. The second kappa shape index (κ2) is 7.29. The Hall–Kier alpha value is -2.96. The summed E-state index contributed by atoms with van der Waals surface area (Å²) in [5, 5.41) is 5.16. The number of rotatable bonds is 3. The van der Waals surface area contributed by atoms with E-state index >= 15 is 0 Å². The van der Waals surface area contributed by atoms with Crippen molar-refractivity contribution in [3.63, 3.8) is 0 Å². The molecule has 0 radical (unpaired) electrons. The summed E-state index contributed by atoms with van der Waals surface area (Å²) < 4.78 is 26.6. The van der Waals surface area contributed by atoms with Crippen molar-refractivity contribution in [2.24, 2.45) is 0 Å². The summed E-state index contributed by atoms with van der Waals surface area (Å²) in [6, 6.07) is 10.6. The Morgan fingerprint density at radius 2 is 1.80 bits per heavy atom. The summed E-state index contributed by atoms with van der Waals surface area (Å²) >= 11 is 0. The molecule has 2 N–H and O–H groups in total. The van der Waals surface area contributed by atoms with Gasteiger partial charge in [-0.3, -0.25) is 4.79 Å². The molecule has 3 amide bonds. The van der Waals surface area contributed by atoms with Gasteiger partial charge in [0.25, 0.3) is 0 Å². The molecule has 1 aliphatic rings. The number of amides is 3. The van der Waals surface area contributed by atoms with Gasteiger partial charge >= 0.3 is 6.03 Å². The quantitative estimate of drug-likeness (QED) is 0.893. The number of anilines is 2. The number of carbonyl (C=O) groups excluding carboxylic acids is 2. The van der Waals surface area contributed by atoms with Gasteiger partial charge in [-0.1, -0.05) is 18.2 Å². The number of nitrogens with zero attached hydrogens (tertiary/aromatic N) is 1. The molecule has 130 valence electrons. The van der Waals surface area contributed by atoms with Crippen molar-refractivity contribution in [1.29, 1.82) is 0 Å². The van der Waals surface area contributed by atoms with Crippen LogP contribution in [-0.4, -0.2) is 29.4 Å². The Bertz CT molecular complexity index is 783. The lowest BCUT2D eigenvalue weighted by atomic mass is 10.2. The van der Waals surface area contributed by atoms with Gasteiger partial charge in [-0.2, -0.15) is 0 Å². The van der Waals surface area contributed by atoms with Gasteiger partial charge in [-0.05, 0) is 37.1 Å². The van der Waals surface area contributed by atoms with Gasteiger partial charge in [0.1, 0.15) is 17.7 Å². The molecule has 0 bridgehead atoms. The van der Waals surface area contributed by atoms with Crippen molar-refractivity contribution in [3.05, 3.63) is 60.2 Å². The molecule has 1 aliphatic heterocycles. The minimum atomic E-state index is -0.863. The lowest BCUT2D eigenvalue weighted by Crippen LogP contribution is -2.45. The summed E-state index contributed by atoms with van der Waals surface area (Å²) in [5.74, 6) is -1.88. The highest BCUT2D eigenvalue weighted by molar-refractivity contribution is 5.99. The van der Waals surface area contributed by atoms with Gasteiger partial charge in [-0.25, -0.2) is 13.6 Å². The zero-order chi connectivity index (χ0) is 17.8. The van der Waals surface area contributed by atoms with Crippen LogP contribution in [0, 0.1) is 11.6 Å². The van der Waals surface area contributed by atoms with E-state index < -0.39 is 23.7 Å². The molecule has 2 aromatic carbocycles. The van der Waals surface area contributed by atoms with E-state index in [2.05, 4.69) is 10.6 Å². The van der Waals surface area contributed by atoms with Gasteiger partial charge in [0.15, 0.2) is 0 Å². The van der Waals surface area contributed by atoms with E-state index in [4.69, 9.17) is 0 Å². The van der Waals surface area contributed by atoms with Crippen molar-refractivity contribution in [2.45, 2.75) is 18.9 Å². The highest BCUT2D eigenvalue weighted by atomic mass is 19.1. The molecule has 1 heterocycles. The van der Waals surface area contributed by atoms with Crippen LogP contribution < -0.4 is 10.6 Å². The highest BCUT2D eigenvalue weighted by Gasteiger charge is 2.34. The van der Waals surface area contributed by atoms with Crippen LogP contribution in [0.3, 0.4) is 0 Å². The third-order valence-electron chi connectivity index (χ3n) is 4.03. The smallest absolute Gasteiger partial charge is 0.322 e. The van der Waals surface area contributed by atoms with Crippen LogP contribution in [0.15, 0.2) is 48.5 Å². The molecule has 1 saturated heterocycles. The second-order valence-electron chi connectivity index (χ2n) is 5.76. The van der Waals surface area contributed by atoms with Crippen LogP contribution >= 0.6 is 0 Å². The summed E-state index contributed by atoms with van der Waals surface area (Å²) in [6.07, 6.45) is 1.20. The Balaban J connectivity index is 1.68. The average Bonchev–Trinajstić information content (AvgIpc) is 3.08. The van der Waals surface area contributed by atoms with E-state index in [1.54, 1.807) is 24.3 Å². The molecule has 0 aromatic heterocycles. The predicted octanol–water partition coefficient (Wildman–Crippen LogP) is 3.60. The standard InChI is InChI=1S/C18H17F2N3O2/c19-12-8-9-15(14(20)11-12)22-18(25)23-10-4-7-16(23)17(24)21-13-5-2-1-3-6-13/h1-3,5-6,8-9,11,16H,4,7,10H2,(H,21,24)(H,22,25)/t16-/m1/s1. The van der Waals surface area contributed by atoms with E-state index in [1.165, 1.54) is 4.90 Å². The number of carbonyl (C=O) groups is 2. The maximum Gasteiger partial charge on any atom is 0.322 e. The average molecular weight is 345 g/mol. The zero-order valence-corrected chi connectivity index (χ0v) is 13.3. The third kappa shape index (κ3) is 3.93. The normalized spacial score (nSPS) is 16.6. The van der Waals surface area contributed by atoms with E-state index in [-0.39, 0.29) is 11.6 Å². The maximum atomic E-state index is 13.7. The van der Waals surface area contributed by atoms with Gasteiger partial charge in [0.2, 0.25) is 5.91 Å². The Morgan fingerprint density at radius 1 is 1.04 bits per heavy atom. The molecular formula is C18H17F2N3O2. The minimum absolute atomic E-state index is 0.125. The fraction of sp³-hybridized carbons (Fsp3) is 0.222. The fourth-order valence-corrected chi connectivity index (χ4v) is 2.81. The molecule has 25 heavy (non-hydrogen) atoms. The molecule has 1 atom stereocenters. The lowest BCUT2D eigenvalue weighted by molar-refractivity contribution is -0.119. The number of benzene rings is 2. The molecule has 5 nitrogen and oxygen atoms in total. The van der Waals surface area contributed by atoms with Crippen LogP contribution in [0.1, 0.15) is 12.8 Å². The monoisotopic (exact) mass is 345 g/mol. The lowest BCUT2D eigenvalue weighted by Gasteiger charge is -2.24. The Kier molecular flexibility index (Phi) is 4.92. The van der Waals surface area contributed by atoms with Gasteiger partial charge < -0.3 is 15.5 Å². The first-order chi connectivity index (χ1) is 12.0. The summed E-state index contributed by atoms with van der Waals surface area (Å²) in [6.45, 7) is 0.390. The zero-order valence-electron chi connectivity index (χ0n) is 13.3. The minimum Gasteiger partial charge on any atom is -0.324 e. The first-order valence-electron chi connectivity index (χ1n) is 7.93. The van der Waals surface area contributed by atoms with Crippen molar-refractivity contribution in [2.75, 3.05) is 17.2 Å². The van der Waals surface area contributed by atoms with Crippen LogP contribution in [0.25, 0.3) is 0 Å². The SMILES string of the molecule is O=C(Nc1ccccc1)[C@H]1CCCN1C(=O)Nc1ccc(F)cc1F. The number of hydrogen-bond acceptors (Lipinski definition) is 2. The number of halogens is 2. The van der Waals surface area contributed by atoms with Crippen LogP contribution in [0.5, 0.6) is 0 Å². The van der Waals surface area contributed by atoms with Crippen molar-refractivity contribution < 1.29 is 18.4 Å². The van der Waals surface area contributed by atoms with E-state index in [9.17, 15) is 18.4 Å². The van der Waals surface area contributed by atoms with Crippen LogP contribution in [0.2, 0.25) is 0 Å². The molecule has 2 aromatic rings. The highest BCUT2D eigenvalue weighted by Crippen LogP contribution is 2.22. The summed E-state index contributed by atoms with van der Waals surface area (Å²) in [5.41, 5.74) is 0.518. The fourth-order valence-electron chi connectivity index (χ4n) is 2.81. The first-order valence-corrected chi connectivity index (χ1v) is 7.93. The van der Waals surface area contributed by atoms with E-state index in [1.807, 2.05) is 6.07 Å². The van der Waals surface area contributed by atoms with Crippen LogP contribution in [0.4, 0.5) is 25.0 Å². The predicted molar refractivity (Wildman–Crippen MR) is 90.2 cm³/mol. The van der Waals surface area contributed by atoms with Gasteiger partial charge in [-0.15, -0.1) is 0 Å². The first kappa shape index (κ1) is 16.9. The maximum absolute atomic E-state index is 13.7. The molecule has 0 spiro atoms. The molecule has 0 unspecified atom stereocenters. The number of nitrogens with one attached hydrogen (secondary N) is 2. The largest absolute Gasteiger partial charge is 0.324 e. The number of para-hydroxylation sites is 1. The van der Waals surface area contributed by atoms with E-state index in [0.717, 1.165) is 12.1 Å². The second-order valence-corrected chi connectivity index (χ2v) is 5.76. The third-order valence-corrected chi connectivity index (χ3v) is 4.03. The molecule has 3 rings (SSSR count). The van der Waals surface area contributed by atoms with Crippen molar-refractivity contribution in [1.82, 2.24) is 4.90 Å². The molecule has 7 heteroatoms. The topological polar surface area (TPSA) is 61.4 Å². The number of hydrogen-bond donors (Lipinski definition) is 2. The number of urea groups is 1. The van der Waals surface area contributed by atoms with Crippen molar-refractivity contribution >= 4 is 23.3 Å². The summed E-state index contributed by atoms with van der Waals surface area (Å²) in [7, 11) is 0. The number of likely N-dealkylation sites (tertiary alicyclic amines) is 1.